The van der Waals surface area contributed by atoms with Crippen molar-refractivity contribution in [1.29, 1.82) is 0 Å². The summed E-state index contributed by atoms with van der Waals surface area (Å²) in [4.78, 5) is 2.05. The lowest BCUT2D eigenvalue weighted by Crippen LogP contribution is -2.42. The van der Waals surface area contributed by atoms with E-state index in [0.717, 1.165) is 12.1 Å². The molecule has 0 aliphatic carbocycles. The summed E-state index contributed by atoms with van der Waals surface area (Å²) in [6, 6.07) is 9.80. The minimum atomic E-state index is -3.25. The molecule has 1 saturated heterocycles. The van der Waals surface area contributed by atoms with E-state index in [1.54, 1.807) is 0 Å². The first-order chi connectivity index (χ1) is 9.96. The van der Waals surface area contributed by atoms with Crippen molar-refractivity contribution in [3.8, 4) is 0 Å². The van der Waals surface area contributed by atoms with Gasteiger partial charge in [-0.25, -0.2) is 13.1 Å². The molecule has 118 valence electrons. The molecule has 2 rings (SSSR count). The number of rotatable bonds is 7. The average Bonchev–Trinajstić information content (AvgIpc) is 2.90. The Morgan fingerprint density at radius 1 is 1.38 bits per heavy atom. The zero-order valence-electron chi connectivity index (χ0n) is 12.7. The van der Waals surface area contributed by atoms with Crippen molar-refractivity contribution in [2.75, 3.05) is 37.5 Å². The molecule has 1 heterocycles. The molecule has 0 spiro atoms. The van der Waals surface area contributed by atoms with Crippen LogP contribution in [0.2, 0.25) is 0 Å². The molecule has 21 heavy (non-hydrogen) atoms. The molecule has 0 aromatic heterocycles. The number of sulfonamides is 1. The first-order valence-corrected chi connectivity index (χ1v) is 8.95. The van der Waals surface area contributed by atoms with Crippen LogP contribution in [0.4, 0.5) is 5.69 Å². The van der Waals surface area contributed by atoms with E-state index in [2.05, 4.69) is 4.72 Å². The van der Waals surface area contributed by atoms with E-state index in [-0.39, 0.29) is 17.7 Å². The Balaban J connectivity index is 1.84. The zero-order valence-corrected chi connectivity index (χ0v) is 13.5. The number of nitrogens with one attached hydrogen (secondary N) is 1. The van der Waals surface area contributed by atoms with E-state index in [9.17, 15) is 8.42 Å². The largest absolute Gasteiger partial charge is 0.381 e. The summed E-state index contributed by atoms with van der Waals surface area (Å²) < 4.78 is 32.2. The van der Waals surface area contributed by atoms with Gasteiger partial charge in [0.1, 0.15) is 0 Å². The molecule has 0 saturated carbocycles. The lowest BCUT2D eigenvalue weighted by molar-refractivity contribution is 0.188. The topological polar surface area (TPSA) is 58.6 Å². The van der Waals surface area contributed by atoms with Crippen LogP contribution in [0.25, 0.3) is 0 Å². The first-order valence-electron chi connectivity index (χ1n) is 7.30. The number of para-hydroxylation sites is 1. The van der Waals surface area contributed by atoms with Crippen molar-refractivity contribution >= 4 is 15.7 Å². The molecule has 0 radical (unpaired) electrons. The number of ether oxygens (including phenoxy) is 1. The summed E-state index contributed by atoms with van der Waals surface area (Å²) in [6.07, 6.45) is 0.833. The van der Waals surface area contributed by atoms with E-state index < -0.39 is 10.0 Å². The van der Waals surface area contributed by atoms with Crippen LogP contribution < -0.4 is 9.62 Å². The van der Waals surface area contributed by atoms with Gasteiger partial charge in [-0.15, -0.1) is 0 Å². The molecule has 6 heteroatoms. The van der Waals surface area contributed by atoms with Crippen LogP contribution in [-0.2, 0) is 14.8 Å². The molecule has 1 N–H and O–H groups in total. The van der Waals surface area contributed by atoms with Crippen LogP contribution in [-0.4, -0.2) is 47.0 Å². The SMILES string of the molecule is C[C@H](CN(C)c1ccccc1)NS(=O)(=O)C[C@H]1CCOC1. The average molecular weight is 312 g/mol. The Kier molecular flexibility index (Phi) is 5.61. The van der Waals surface area contributed by atoms with Gasteiger partial charge in [0.05, 0.1) is 12.4 Å². The third-order valence-electron chi connectivity index (χ3n) is 3.60. The number of likely N-dealkylation sites (N-methyl/N-ethyl adjacent to an activating group) is 1. The van der Waals surface area contributed by atoms with Crippen LogP contribution >= 0.6 is 0 Å². The fraction of sp³-hybridized carbons (Fsp3) is 0.600. The van der Waals surface area contributed by atoms with E-state index in [1.807, 2.05) is 49.2 Å². The van der Waals surface area contributed by atoms with Gasteiger partial charge in [-0.1, -0.05) is 18.2 Å². The van der Waals surface area contributed by atoms with Crippen molar-refractivity contribution in [3.63, 3.8) is 0 Å². The molecule has 0 amide bonds. The number of nitrogens with zero attached hydrogens (tertiary/aromatic N) is 1. The fourth-order valence-corrected chi connectivity index (χ4v) is 4.28. The Labute approximate surface area is 127 Å². The fourth-order valence-electron chi connectivity index (χ4n) is 2.62. The maximum Gasteiger partial charge on any atom is 0.212 e. The van der Waals surface area contributed by atoms with Gasteiger partial charge in [-0.2, -0.15) is 0 Å². The molecule has 1 aromatic rings. The minimum absolute atomic E-state index is 0.126. The van der Waals surface area contributed by atoms with Crippen LogP contribution in [0, 0.1) is 5.92 Å². The van der Waals surface area contributed by atoms with E-state index >= 15 is 0 Å². The van der Waals surface area contributed by atoms with Gasteiger partial charge in [-0.3, -0.25) is 0 Å². The zero-order chi connectivity index (χ0) is 15.3. The van der Waals surface area contributed by atoms with E-state index in [0.29, 0.717) is 19.8 Å². The second-order valence-electron chi connectivity index (χ2n) is 5.75. The highest BCUT2D eigenvalue weighted by molar-refractivity contribution is 7.89. The van der Waals surface area contributed by atoms with Gasteiger partial charge in [0.25, 0.3) is 0 Å². The van der Waals surface area contributed by atoms with E-state index in [1.165, 1.54) is 0 Å². The number of anilines is 1. The summed E-state index contributed by atoms with van der Waals surface area (Å²) in [6.45, 7) is 3.75. The van der Waals surface area contributed by atoms with Crippen molar-refractivity contribution in [2.24, 2.45) is 5.92 Å². The van der Waals surface area contributed by atoms with Crippen LogP contribution in [0.1, 0.15) is 13.3 Å². The summed E-state index contributed by atoms with van der Waals surface area (Å²) in [5, 5.41) is 0. The third kappa shape index (κ3) is 5.30. The van der Waals surface area contributed by atoms with Crippen molar-refractivity contribution in [2.45, 2.75) is 19.4 Å². The molecule has 5 nitrogen and oxygen atoms in total. The Bertz CT molecular complexity index is 527. The van der Waals surface area contributed by atoms with Crippen LogP contribution in [0.3, 0.4) is 0 Å². The Morgan fingerprint density at radius 2 is 2.10 bits per heavy atom. The van der Waals surface area contributed by atoms with Gasteiger partial charge < -0.3 is 9.64 Å². The minimum Gasteiger partial charge on any atom is -0.381 e. The van der Waals surface area contributed by atoms with Crippen molar-refractivity contribution in [3.05, 3.63) is 30.3 Å². The highest BCUT2D eigenvalue weighted by Crippen LogP contribution is 2.15. The maximum absolute atomic E-state index is 12.1. The molecule has 2 atom stereocenters. The third-order valence-corrected chi connectivity index (χ3v) is 5.28. The second-order valence-corrected chi connectivity index (χ2v) is 7.54. The predicted molar refractivity (Wildman–Crippen MR) is 85.0 cm³/mol. The molecular weight excluding hydrogens is 288 g/mol. The number of benzene rings is 1. The molecule has 1 aliphatic rings. The predicted octanol–water partition coefficient (Wildman–Crippen LogP) is 1.47. The molecular formula is C15H24N2O3S. The number of hydrogen-bond donors (Lipinski definition) is 1. The lowest BCUT2D eigenvalue weighted by Gasteiger charge is -2.24. The molecule has 0 unspecified atom stereocenters. The molecule has 1 aromatic carbocycles. The summed E-state index contributed by atoms with van der Waals surface area (Å²) in [5.74, 6) is 0.286. The molecule has 1 aliphatic heterocycles. The van der Waals surface area contributed by atoms with Gasteiger partial charge in [0, 0.05) is 31.9 Å². The van der Waals surface area contributed by atoms with Crippen molar-refractivity contribution in [1.82, 2.24) is 4.72 Å². The van der Waals surface area contributed by atoms with Gasteiger partial charge in [0.2, 0.25) is 10.0 Å². The lowest BCUT2D eigenvalue weighted by atomic mass is 10.2. The van der Waals surface area contributed by atoms with Gasteiger partial charge in [-0.05, 0) is 31.4 Å². The van der Waals surface area contributed by atoms with Crippen LogP contribution in [0.15, 0.2) is 30.3 Å². The quantitative estimate of drug-likeness (QED) is 0.828. The molecule has 1 fully saturated rings. The van der Waals surface area contributed by atoms with Gasteiger partial charge >= 0.3 is 0 Å². The summed E-state index contributed by atoms with van der Waals surface area (Å²) in [5.41, 5.74) is 1.08. The summed E-state index contributed by atoms with van der Waals surface area (Å²) >= 11 is 0. The standard InChI is InChI=1S/C15H24N2O3S/c1-13(10-17(2)15-6-4-3-5-7-15)16-21(18,19)12-14-8-9-20-11-14/h3-7,13-14,16H,8-12H2,1-2H3/t13-,14+/m1/s1. The maximum atomic E-state index is 12.1. The van der Waals surface area contributed by atoms with Crippen molar-refractivity contribution < 1.29 is 13.2 Å². The van der Waals surface area contributed by atoms with Gasteiger partial charge in [0.15, 0.2) is 0 Å². The van der Waals surface area contributed by atoms with E-state index in [4.69, 9.17) is 4.74 Å². The molecule has 0 bridgehead atoms. The highest BCUT2D eigenvalue weighted by atomic mass is 32.2. The smallest absolute Gasteiger partial charge is 0.212 e. The number of hydrogen-bond acceptors (Lipinski definition) is 4. The Morgan fingerprint density at radius 3 is 2.71 bits per heavy atom. The summed E-state index contributed by atoms with van der Waals surface area (Å²) in [7, 11) is -1.29. The first kappa shape index (κ1) is 16.3. The monoisotopic (exact) mass is 312 g/mol. The normalized spacial score (nSPS) is 20.4. The van der Waals surface area contributed by atoms with Crippen LogP contribution in [0.5, 0.6) is 0 Å². The second kappa shape index (κ2) is 7.24. The Hall–Kier alpha value is -1.11. The highest BCUT2D eigenvalue weighted by Gasteiger charge is 2.24.